The molecule has 0 unspecified atom stereocenters. The van der Waals surface area contributed by atoms with Crippen molar-refractivity contribution in [3.63, 3.8) is 0 Å². The van der Waals surface area contributed by atoms with Gasteiger partial charge in [-0.15, -0.1) is 0 Å². The second-order valence-electron chi connectivity index (χ2n) is 4.79. The van der Waals surface area contributed by atoms with Crippen LogP contribution in [0.25, 0.3) is 6.08 Å². The first-order valence-electron chi connectivity index (χ1n) is 6.67. The lowest BCUT2D eigenvalue weighted by Crippen LogP contribution is -2.24. The van der Waals surface area contributed by atoms with Crippen LogP contribution in [-0.4, -0.2) is 12.6 Å². The Morgan fingerprint density at radius 3 is 2.29 bits per heavy atom. The van der Waals surface area contributed by atoms with Gasteiger partial charge in [0.05, 0.1) is 0 Å². The van der Waals surface area contributed by atoms with E-state index in [2.05, 4.69) is 63.4 Å². The van der Waals surface area contributed by atoms with Crippen LogP contribution in [-0.2, 0) is 6.42 Å². The van der Waals surface area contributed by atoms with E-state index in [-0.39, 0.29) is 0 Å². The highest BCUT2D eigenvalue weighted by Gasteiger charge is 1.98. The van der Waals surface area contributed by atoms with E-state index in [1.165, 1.54) is 16.7 Å². The Morgan fingerprint density at radius 1 is 1.18 bits per heavy atom. The van der Waals surface area contributed by atoms with Gasteiger partial charge in [0.25, 0.3) is 0 Å². The summed E-state index contributed by atoms with van der Waals surface area (Å²) in [4.78, 5) is 0. The fourth-order valence-electron chi connectivity index (χ4n) is 1.70. The normalized spacial score (nSPS) is 12.2. The van der Waals surface area contributed by atoms with E-state index in [0.717, 1.165) is 19.4 Å². The van der Waals surface area contributed by atoms with Crippen LogP contribution >= 0.6 is 0 Å². The van der Waals surface area contributed by atoms with E-state index in [1.54, 1.807) is 0 Å². The van der Waals surface area contributed by atoms with Crippen LogP contribution in [0.1, 0.15) is 45.2 Å². The Bertz CT molecular complexity index is 346. The van der Waals surface area contributed by atoms with Gasteiger partial charge in [-0.1, -0.05) is 63.6 Å². The number of hydrogen-bond donors (Lipinski definition) is 1. The maximum atomic E-state index is 3.47. The zero-order chi connectivity index (χ0) is 12.7. The summed E-state index contributed by atoms with van der Waals surface area (Å²) in [5.74, 6) is 0. The SMILES string of the molecule is CCC(=Cc1ccc(CC)cc1)CNC(C)C. The number of hydrogen-bond acceptors (Lipinski definition) is 1. The molecule has 0 aromatic heterocycles. The molecular weight excluding hydrogens is 206 g/mol. The Kier molecular flexibility index (Phi) is 5.99. The molecule has 1 aromatic carbocycles. The number of rotatable bonds is 6. The molecule has 0 amide bonds. The molecule has 1 N–H and O–H groups in total. The maximum Gasteiger partial charge on any atom is 0.0170 e. The Labute approximate surface area is 106 Å². The summed E-state index contributed by atoms with van der Waals surface area (Å²) in [6, 6.07) is 9.41. The largest absolute Gasteiger partial charge is 0.311 e. The minimum absolute atomic E-state index is 0.549. The van der Waals surface area contributed by atoms with Gasteiger partial charge in [-0.3, -0.25) is 0 Å². The Hall–Kier alpha value is -1.08. The predicted molar refractivity (Wildman–Crippen MR) is 77.2 cm³/mol. The highest BCUT2D eigenvalue weighted by Crippen LogP contribution is 2.11. The molecule has 1 rings (SSSR count). The molecule has 94 valence electrons. The molecule has 0 aliphatic rings. The van der Waals surface area contributed by atoms with Crippen LogP contribution in [0.15, 0.2) is 29.8 Å². The van der Waals surface area contributed by atoms with E-state index in [4.69, 9.17) is 0 Å². The molecule has 0 heterocycles. The number of benzene rings is 1. The first-order chi connectivity index (χ1) is 8.15. The van der Waals surface area contributed by atoms with Crippen LogP contribution in [0.5, 0.6) is 0 Å². The van der Waals surface area contributed by atoms with Gasteiger partial charge < -0.3 is 5.32 Å². The standard InChI is InChI=1S/C16H25N/c1-5-14-7-9-16(10-8-14)11-15(6-2)12-17-13(3)4/h7-11,13,17H,5-6,12H2,1-4H3. The molecule has 0 radical (unpaired) electrons. The highest BCUT2D eigenvalue weighted by atomic mass is 14.9. The predicted octanol–water partition coefficient (Wildman–Crippen LogP) is 4.04. The van der Waals surface area contributed by atoms with Gasteiger partial charge >= 0.3 is 0 Å². The van der Waals surface area contributed by atoms with Crippen molar-refractivity contribution in [2.24, 2.45) is 0 Å². The molecule has 0 aliphatic carbocycles. The van der Waals surface area contributed by atoms with Crippen molar-refractivity contribution in [2.75, 3.05) is 6.54 Å². The van der Waals surface area contributed by atoms with Crippen LogP contribution in [0.3, 0.4) is 0 Å². The highest BCUT2D eigenvalue weighted by molar-refractivity contribution is 5.53. The average Bonchev–Trinajstić information content (AvgIpc) is 2.35. The van der Waals surface area contributed by atoms with Crippen LogP contribution in [0, 0.1) is 0 Å². The lowest BCUT2D eigenvalue weighted by Gasteiger charge is -2.10. The van der Waals surface area contributed by atoms with Gasteiger partial charge in [0.15, 0.2) is 0 Å². The Balaban J connectivity index is 2.68. The van der Waals surface area contributed by atoms with Crippen molar-refractivity contribution in [1.82, 2.24) is 5.32 Å². The summed E-state index contributed by atoms with van der Waals surface area (Å²) in [6.07, 6.45) is 4.52. The van der Waals surface area contributed by atoms with Crippen LogP contribution < -0.4 is 5.32 Å². The summed E-state index contributed by atoms with van der Waals surface area (Å²) in [6.45, 7) is 9.76. The number of nitrogens with one attached hydrogen (secondary N) is 1. The molecule has 0 atom stereocenters. The van der Waals surface area contributed by atoms with Gasteiger partial charge in [0, 0.05) is 12.6 Å². The monoisotopic (exact) mass is 231 g/mol. The van der Waals surface area contributed by atoms with Crippen molar-refractivity contribution in [2.45, 2.75) is 46.6 Å². The van der Waals surface area contributed by atoms with Gasteiger partial charge in [-0.05, 0) is 24.0 Å². The minimum Gasteiger partial charge on any atom is -0.311 e. The fourth-order valence-corrected chi connectivity index (χ4v) is 1.70. The first kappa shape index (κ1) is 14.0. The third-order valence-electron chi connectivity index (χ3n) is 2.95. The van der Waals surface area contributed by atoms with E-state index >= 15 is 0 Å². The third kappa shape index (κ3) is 5.18. The summed E-state index contributed by atoms with van der Waals surface area (Å²) in [5, 5.41) is 3.47. The van der Waals surface area contributed by atoms with Crippen LogP contribution in [0.4, 0.5) is 0 Å². The van der Waals surface area contributed by atoms with Crippen LogP contribution in [0.2, 0.25) is 0 Å². The zero-order valence-electron chi connectivity index (χ0n) is 11.6. The first-order valence-corrected chi connectivity index (χ1v) is 6.67. The second-order valence-corrected chi connectivity index (χ2v) is 4.79. The molecule has 0 saturated carbocycles. The van der Waals surface area contributed by atoms with Crippen molar-refractivity contribution < 1.29 is 0 Å². The van der Waals surface area contributed by atoms with E-state index in [0.29, 0.717) is 6.04 Å². The molecule has 0 fully saturated rings. The topological polar surface area (TPSA) is 12.0 Å². The molecule has 0 aliphatic heterocycles. The maximum absolute atomic E-state index is 3.47. The summed E-state index contributed by atoms with van der Waals surface area (Å²) in [5.41, 5.74) is 4.17. The summed E-state index contributed by atoms with van der Waals surface area (Å²) < 4.78 is 0. The molecule has 1 heteroatoms. The average molecular weight is 231 g/mol. The summed E-state index contributed by atoms with van der Waals surface area (Å²) in [7, 11) is 0. The molecule has 1 aromatic rings. The lowest BCUT2D eigenvalue weighted by molar-refractivity contribution is 0.617. The summed E-state index contributed by atoms with van der Waals surface area (Å²) >= 11 is 0. The van der Waals surface area contributed by atoms with E-state index in [1.807, 2.05) is 0 Å². The second kappa shape index (κ2) is 7.29. The quantitative estimate of drug-likeness (QED) is 0.779. The molecule has 0 spiro atoms. The fraction of sp³-hybridized carbons (Fsp3) is 0.500. The van der Waals surface area contributed by atoms with Crippen molar-refractivity contribution in [3.05, 3.63) is 41.0 Å². The molecule has 1 nitrogen and oxygen atoms in total. The smallest absolute Gasteiger partial charge is 0.0170 e. The zero-order valence-corrected chi connectivity index (χ0v) is 11.6. The van der Waals surface area contributed by atoms with Crippen molar-refractivity contribution >= 4 is 6.08 Å². The van der Waals surface area contributed by atoms with Gasteiger partial charge in [0.2, 0.25) is 0 Å². The lowest BCUT2D eigenvalue weighted by atomic mass is 10.1. The van der Waals surface area contributed by atoms with Crippen molar-refractivity contribution in [3.8, 4) is 0 Å². The van der Waals surface area contributed by atoms with Crippen molar-refractivity contribution in [1.29, 1.82) is 0 Å². The third-order valence-corrected chi connectivity index (χ3v) is 2.95. The molecule has 17 heavy (non-hydrogen) atoms. The Morgan fingerprint density at radius 2 is 1.82 bits per heavy atom. The minimum atomic E-state index is 0.549. The molecular formula is C16H25N. The van der Waals surface area contributed by atoms with Gasteiger partial charge in [0.1, 0.15) is 0 Å². The van der Waals surface area contributed by atoms with Gasteiger partial charge in [-0.2, -0.15) is 0 Å². The van der Waals surface area contributed by atoms with E-state index < -0.39 is 0 Å². The van der Waals surface area contributed by atoms with E-state index in [9.17, 15) is 0 Å². The molecule has 0 saturated heterocycles. The van der Waals surface area contributed by atoms with Gasteiger partial charge in [-0.25, -0.2) is 0 Å². The number of aryl methyl sites for hydroxylation is 1. The molecule has 0 bridgehead atoms.